The lowest BCUT2D eigenvalue weighted by Gasteiger charge is -2.13. The molecule has 0 unspecified atom stereocenters. The summed E-state index contributed by atoms with van der Waals surface area (Å²) in [6, 6.07) is 15.6. The zero-order chi connectivity index (χ0) is 27.0. The van der Waals surface area contributed by atoms with Crippen LogP contribution in [0.5, 0.6) is 5.75 Å². The number of rotatable bonds is 6. The number of nitro benzene ring substituents is 1. The van der Waals surface area contributed by atoms with Gasteiger partial charge in [0.15, 0.2) is 11.3 Å². The van der Waals surface area contributed by atoms with Gasteiger partial charge in [0, 0.05) is 40.2 Å². The Kier molecular flexibility index (Phi) is 6.62. The summed E-state index contributed by atoms with van der Waals surface area (Å²) in [5, 5.41) is 12.1. The largest absolute Gasteiger partial charge is 0.493 e. The third-order valence-electron chi connectivity index (χ3n) is 5.77. The first-order chi connectivity index (χ1) is 18.3. The van der Waals surface area contributed by atoms with Gasteiger partial charge in [0.25, 0.3) is 11.2 Å². The van der Waals surface area contributed by atoms with E-state index < -0.39 is 16.5 Å². The number of hydrogen-bond acceptors (Lipinski definition) is 7. The molecule has 3 aromatic carbocycles. The molecule has 0 saturated carbocycles. The van der Waals surface area contributed by atoms with E-state index in [9.17, 15) is 19.7 Å². The third kappa shape index (κ3) is 4.49. The van der Waals surface area contributed by atoms with Gasteiger partial charge >= 0.3 is 5.97 Å². The summed E-state index contributed by atoms with van der Waals surface area (Å²) in [5.41, 5.74) is 0.538. The smallest absolute Gasteiger partial charge is 0.343 e. The number of aromatic amines is 1. The predicted molar refractivity (Wildman–Crippen MR) is 144 cm³/mol. The summed E-state index contributed by atoms with van der Waals surface area (Å²) >= 11 is 12.6. The summed E-state index contributed by atoms with van der Waals surface area (Å²) in [7, 11) is 1.45. The van der Waals surface area contributed by atoms with E-state index in [1.165, 1.54) is 37.6 Å². The van der Waals surface area contributed by atoms with Gasteiger partial charge < -0.3 is 18.9 Å². The lowest BCUT2D eigenvalue weighted by atomic mass is 10.0. The van der Waals surface area contributed by atoms with Crippen molar-refractivity contribution in [2.24, 2.45) is 0 Å². The molecule has 0 amide bonds. The molecule has 0 aliphatic rings. The van der Waals surface area contributed by atoms with E-state index in [-0.39, 0.29) is 38.2 Å². The van der Waals surface area contributed by atoms with Crippen molar-refractivity contribution in [2.75, 3.05) is 7.11 Å². The lowest BCUT2D eigenvalue weighted by molar-refractivity contribution is -0.384. The molecule has 0 radical (unpaired) electrons. The summed E-state index contributed by atoms with van der Waals surface area (Å²) in [6.07, 6.45) is 2.62. The molecular weight excluding hydrogens is 535 g/mol. The highest BCUT2D eigenvalue weighted by Gasteiger charge is 2.23. The highest BCUT2D eigenvalue weighted by Crippen LogP contribution is 2.42. The van der Waals surface area contributed by atoms with Crippen LogP contribution in [0.4, 0.5) is 5.69 Å². The van der Waals surface area contributed by atoms with Gasteiger partial charge in [-0.15, -0.1) is 0 Å². The number of furan rings is 1. The highest BCUT2D eigenvalue weighted by molar-refractivity contribution is 6.37. The maximum Gasteiger partial charge on any atom is 0.343 e. The number of benzene rings is 3. The van der Waals surface area contributed by atoms with Gasteiger partial charge in [-0.05, 0) is 36.4 Å². The van der Waals surface area contributed by atoms with E-state index in [1.807, 2.05) is 0 Å². The Labute approximate surface area is 224 Å². The Morgan fingerprint density at radius 3 is 2.58 bits per heavy atom. The molecule has 9 nitrogen and oxygen atoms in total. The number of nitro groups is 1. The van der Waals surface area contributed by atoms with Crippen LogP contribution < -0.4 is 10.3 Å². The first kappa shape index (κ1) is 25.1. The fraction of sp³-hybridized carbons (Fsp3) is 0.0370. The van der Waals surface area contributed by atoms with Crippen molar-refractivity contribution in [1.82, 2.24) is 4.98 Å². The van der Waals surface area contributed by atoms with Crippen LogP contribution in [0.3, 0.4) is 0 Å². The molecule has 38 heavy (non-hydrogen) atoms. The molecule has 5 aromatic rings. The van der Waals surface area contributed by atoms with Crippen LogP contribution in [-0.2, 0) is 4.74 Å². The second-order valence-electron chi connectivity index (χ2n) is 8.02. The van der Waals surface area contributed by atoms with Crippen LogP contribution in [0.2, 0.25) is 10.0 Å². The molecule has 11 heteroatoms. The van der Waals surface area contributed by atoms with Gasteiger partial charge in [-0.1, -0.05) is 41.4 Å². The number of carbonyl (C=O) groups excluding carboxylic acids is 1. The maximum absolute atomic E-state index is 13.1. The number of halogens is 2. The normalized spacial score (nSPS) is 11.6. The molecule has 0 aliphatic heterocycles. The van der Waals surface area contributed by atoms with Crippen LogP contribution >= 0.6 is 23.2 Å². The molecule has 2 aromatic heterocycles. The second kappa shape index (κ2) is 10.0. The molecule has 0 saturated heterocycles. The molecule has 0 aliphatic carbocycles. The number of non-ortho nitro benzene ring substituents is 1. The van der Waals surface area contributed by atoms with Crippen LogP contribution in [0.25, 0.3) is 33.8 Å². The number of esters is 1. The Morgan fingerprint density at radius 1 is 1.11 bits per heavy atom. The van der Waals surface area contributed by atoms with Crippen LogP contribution in [0, 0.1) is 10.1 Å². The standard InChI is InChI=1S/C27H16Cl2N2O7/c1-36-21-10-8-16(23-18-11-15(31(34)35)7-9-20(18)37-25(21)23)22(38-27(33)14-5-3-2-4-6-14)12-17-19(28)13-30-26(32)24(17)29/h2-13H,1H3,(H,30,32)/b22-12-. The van der Waals surface area contributed by atoms with Crippen LogP contribution in [-0.4, -0.2) is 23.0 Å². The Balaban J connectivity index is 1.82. The van der Waals surface area contributed by atoms with Gasteiger partial charge in [-0.2, -0.15) is 0 Å². The number of hydrogen-bond donors (Lipinski definition) is 1. The van der Waals surface area contributed by atoms with Gasteiger partial charge in [0.1, 0.15) is 16.4 Å². The summed E-state index contributed by atoms with van der Waals surface area (Å²) < 4.78 is 17.3. The zero-order valence-corrected chi connectivity index (χ0v) is 21.0. The Morgan fingerprint density at radius 2 is 1.87 bits per heavy atom. The van der Waals surface area contributed by atoms with Crippen LogP contribution in [0.1, 0.15) is 21.5 Å². The average molecular weight is 551 g/mol. The summed E-state index contributed by atoms with van der Waals surface area (Å²) in [5.74, 6) is -0.379. The number of nitrogens with one attached hydrogen (secondary N) is 1. The van der Waals surface area contributed by atoms with E-state index >= 15 is 0 Å². The highest BCUT2D eigenvalue weighted by atomic mass is 35.5. The summed E-state index contributed by atoms with van der Waals surface area (Å²) in [6.45, 7) is 0. The molecule has 0 atom stereocenters. The van der Waals surface area contributed by atoms with Crippen molar-refractivity contribution < 1.29 is 23.6 Å². The minimum atomic E-state index is -0.698. The quantitative estimate of drug-likeness (QED) is 0.106. The van der Waals surface area contributed by atoms with E-state index in [0.29, 0.717) is 27.7 Å². The van der Waals surface area contributed by atoms with E-state index in [1.54, 1.807) is 42.5 Å². The first-order valence-electron chi connectivity index (χ1n) is 11.0. The maximum atomic E-state index is 13.1. The molecule has 190 valence electrons. The van der Waals surface area contributed by atoms with E-state index in [0.717, 1.165) is 0 Å². The molecular formula is C27H16Cl2N2O7. The second-order valence-corrected chi connectivity index (χ2v) is 8.80. The van der Waals surface area contributed by atoms with Crippen molar-refractivity contribution >= 4 is 68.6 Å². The van der Waals surface area contributed by atoms with Crippen LogP contribution in [0.15, 0.2) is 76.1 Å². The predicted octanol–water partition coefficient (Wildman–Crippen LogP) is 6.85. The molecule has 0 spiro atoms. The minimum absolute atomic E-state index is 0.0323. The molecule has 5 rings (SSSR count). The fourth-order valence-corrected chi connectivity index (χ4v) is 4.44. The van der Waals surface area contributed by atoms with Crippen molar-refractivity contribution in [3.63, 3.8) is 0 Å². The van der Waals surface area contributed by atoms with Gasteiger partial charge in [-0.3, -0.25) is 14.9 Å². The van der Waals surface area contributed by atoms with Gasteiger partial charge in [0.05, 0.1) is 22.6 Å². The number of nitrogens with zero attached hydrogens (tertiary/aromatic N) is 1. The molecule has 0 fully saturated rings. The SMILES string of the molecule is COc1ccc(/C(=C/c2c(Cl)c[nH]c(=O)c2Cl)OC(=O)c2ccccc2)c2c1oc1ccc([N+](=O)[O-])cc12. The van der Waals surface area contributed by atoms with Crippen molar-refractivity contribution in [3.05, 3.63) is 114 Å². The third-order valence-corrected chi connectivity index (χ3v) is 6.46. The zero-order valence-electron chi connectivity index (χ0n) is 19.5. The van der Waals surface area contributed by atoms with Crippen molar-refractivity contribution in [2.45, 2.75) is 0 Å². The van der Waals surface area contributed by atoms with E-state index in [4.69, 9.17) is 37.1 Å². The van der Waals surface area contributed by atoms with Crippen molar-refractivity contribution in [1.29, 1.82) is 0 Å². The number of carbonyl (C=O) groups is 1. The average Bonchev–Trinajstić information content (AvgIpc) is 3.31. The fourth-order valence-electron chi connectivity index (χ4n) is 3.98. The number of pyridine rings is 1. The molecule has 0 bridgehead atoms. The monoisotopic (exact) mass is 550 g/mol. The number of methoxy groups -OCH3 is 1. The van der Waals surface area contributed by atoms with E-state index in [2.05, 4.69) is 4.98 Å². The Hall–Kier alpha value is -4.60. The number of H-pyrrole nitrogens is 1. The van der Waals surface area contributed by atoms with Gasteiger partial charge in [0.2, 0.25) is 0 Å². The number of ether oxygens (including phenoxy) is 2. The van der Waals surface area contributed by atoms with Crippen molar-refractivity contribution in [3.8, 4) is 5.75 Å². The molecule has 2 heterocycles. The number of fused-ring (bicyclic) bond motifs is 3. The summed E-state index contributed by atoms with van der Waals surface area (Å²) in [4.78, 5) is 38.7. The minimum Gasteiger partial charge on any atom is -0.493 e. The topological polar surface area (TPSA) is 125 Å². The van der Waals surface area contributed by atoms with Gasteiger partial charge in [-0.25, -0.2) is 4.79 Å². The number of aromatic nitrogens is 1. The molecule has 1 N–H and O–H groups in total. The first-order valence-corrected chi connectivity index (χ1v) is 11.8. The Bertz CT molecular complexity index is 1820. The lowest BCUT2D eigenvalue weighted by Crippen LogP contribution is -2.08.